The summed E-state index contributed by atoms with van der Waals surface area (Å²) in [5.74, 6) is -0.333. The number of rotatable bonds is 8. The predicted octanol–water partition coefficient (Wildman–Crippen LogP) is 7.56. The Morgan fingerprint density at radius 3 is 2.54 bits per heavy atom. The number of hydrogen-bond acceptors (Lipinski definition) is 6. The number of allylic oxidation sites excluding steroid dienone is 2. The van der Waals surface area contributed by atoms with Gasteiger partial charge in [0.05, 0.1) is 34.6 Å². The minimum atomic E-state index is -0.991. The van der Waals surface area contributed by atoms with E-state index in [1.165, 1.54) is 0 Å². The van der Waals surface area contributed by atoms with Gasteiger partial charge in [-0.2, -0.15) is 5.26 Å². The molecule has 1 heterocycles. The molecular formula is C34H34N4O3. The van der Waals surface area contributed by atoms with E-state index in [1.807, 2.05) is 65.0 Å². The molecule has 0 aliphatic heterocycles. The van der Waals surface area contributed by atoms with Crippen molar-refractivity contribution in [3.05, 3.63) is 111 Å². The average molecular weight is 547 g/mol. The lowest BCUT2D eigenvalue weighted by atomic mass is 9.98. The molecule has 0 amide bonds. The normalized spacial score (nSPS) is 13.8. The number of para-hydroxylation sites is 1. The molecule has 7 nitrogen and oxygen atoms in total. The number of aliphatic imine (C=N–C) groups is 1. The van der Waals surface area contributed by atoms with E-state index in [0.717, 1.165) is 38.6 Å². The van der Waals surface area contributed by atoms with E-state index in [9.17, 15) is 15.2 Å². The molecule has 0 radical (unpaired) electrons. The lowest BCUT2D eigenvalue weighted by Gasteiger charge is -2.20. The molecule has 2 atom stereocenters. The summed E-state index contributed by atoms with van der Waals surface area (Å²) in [6.07, 6.45) is 3.76. The van der Waals surface area contributed by atoms with Crippen LogP contribution in [0.4, 0.5) is 5.69 Å². The van der Waals surface area contributed by atoms with Crippen LogP contribution in [0.5, 0.6) is 0 Å². The molecule has 0 aliphatic carbocycles. The second kappa shape index (κ2) is 12.5. The number of aromatic carboxylic acids is 1. The summed E-state index contributed by atoms with van der Waals surface area (Å²) < 4.78 is 6.67. The van der Waals surface area contributed by atoms with Gasteiger partial charge in [-0.15, -0.1) is 0 Å². The molecule has 0 fully saturated rings. The first-order valence-electron chi connectivity index (χ1n) is 13.5. The molecule has 0 aliphatic rings. The molecule has 1 aromatic heterocycles. The number of fused-ring (bicyclic) bond motifs is 1. The number of nitrogens with zero attached hydrogens (tertiary/aromatic N) is 3. The van der Waals surface area contributed by atoms with Gasteiger partial charge in [-0.25, -0.2) is 4.79 Å². The van der Waals surface area contributed by atoms with Crippen molar-refractivity contribution in [3.8, 4) is 6.07 Å². The van der Waals surface area contributed by atoms with Crippen LogP contribution in [0, 0.1) is 25.2 Å². The Hall–Kier alpha value is -4.96. The Morgan fingerprint density at radius 2 is 1.85 bits per heavy atom. The Morgan fingerprint density at radius 1 is 1.10 bits per heavy atom. The van der Waals surface area contributed by atoms with Crippen LogP contribution in [-0.2, 0) is 0 Å². The predicted molar refractivity (Wildman–Crippen MR) is 164 cm³/mol. The highest BCUT2D eigenvalue weighted by molar-refractivity contribution is 6.09. The van der Waals surface area contributed by atoms with Gasteiger partial charge in [0.1, 0.15) is 11.3 Å². The minimum absolute atomic E-state index is 0.161. The largest absolute Gasteiger partial charge is 0.478 e. The standard InChI is InChI=1S/C34H34N4O3/c1-7-25(19-37-22(4)26-12-10-11-24(17-26)18-35)32-21(3)31(36-6)29-16-20(2)15-28(33(29)41-32)23(5)38-30-14-9-8-13-27(30)34(39)40/h7-17,19,22-23,38H,1-6H3,(H,39,40)/b25-7+,36-31-,37-19-. The van der Waals surface area contributed by atoms with E-state index in [4.69, 9.17) is 9.41 Å². The van der Waals surface area contributed by atoms with E-state index in [2.05, 4.69) is 28.5 Å². The number of carboxylic acids is 1. The molecular weight excluding hydrogens is 512 g/mol. The Balaban J connectivity index is 1.82. The second-order valence-electron chi connectivity index (χ2n) is 10.0. The van der Waals surface area contributed by atoms with Crippen molar-refractivity contribution in [2.75, 3.05) is 12.4 Å². The third-order valence-corrected chi connectivity index (χ3v) is 7.15. The maximum absolute atomic E-state index is 11.8. The molecule has 7 heteroatoms. The van der Waals surface area contributed by atoms with Crippen molar-refractivity contribution in [3.63, 3.8) is 0 Å². The summed E-state index contributed by atoms with van der Waals surface area (Å²) in [5.41, 5.74) is 6.59. The topological polar surface area (TPSA) is 111 Å². The number of aryl methyl sites for hydroxylation is 1. The number of benzene rings is 3. The monoisotopic (exact) mass is 546 g/mol. The van der Waals surface area contributed by atoms with Crippen molar-refractivity contribution in [2.45, 2.75) is 46.7 Å². The first-order valence-corrected chi connectivity index (χ1v) is 13.5. The molecule has 4 aromatic rings. The van der Waals surface area contributed by atoms with Gasteiger partial charge in [-0.1, -0.05) is 36.4 Å². The van der Waals surface area contributed by atoms with Gasteiger partial charge in [0.25, 0.3) is 0 Å². The third-order valence-electron chi connectivity index (χ3n) is 7.15. The summed E-state index contributed by atoms with van der Waals surface area (Å²) in [7, 11) is 1.77. The van der Waals surface area contributed by atoms with Crippen molar-refractivity contribution >= 4 is 34.4 Å². The Labute approximate surface area is 240 Å². The maximum atomic E-state index is 11.8. The van der Waals surface area contributed by atoms with Gasteiger partial charge in [-0.3, -0.25) is 9.98 Å². The van der Waals surface area contributed by atoms with Crippen molar-refractivity contribution in [2.24, 2.45) is 9.98 Å². The summed E-state index contributed by atoms with van der Waals surface area (Å²) in [5, 5.41) is 24.0. The zero-order chi connectivity index (χ0) is 29.7. The molecule has 0 spiro atoms. The fraction of sp³-hybridized carbons (Fsp3) is 0.235. The van der Waals surface area contributed by atoms with Crippen LogP contribution >= 0.6 is 0 Å². The SMILES string of the molecule is C/C=C(\C=N/C(C)c1cccc(C#N)c1)c1oc2c(C(C)Nc3ccccc3C(=O)O)cc(C)cc2/c(=N\C)c1C. The van der Waals surface area contributed by atoms with Gasteiger partial charge < -0.3 is 14.8 Å². The number of nitriles is 1. The Bertz CT molecular complexity index is 1790. The van der Waals surface area contributed by atoms with Crippen LogP contribution in [0.15, 0.2) is 81.1 Å². The zero-order valence-electron chi connectivity index (χ0n) is 24.2. The van der Waals surface area contributed by atoms with Gasteiger partial charge >= 0.3 is 5.97 Å². The molecule has 3 aromatic carbocycles. The number of anilines is 1. The van der Waals surface area contributed by atoms with Gasteiger partial charge in [0.2, 0.25) is 0 Å². The van der Waals surface area contributed by atoms with Crippen molar-refractivity contribution in [1.29, 1.82) is 5.26 Å². The fourth-order valence-corrected chi connectivity index (χ4v) is 4.98. The second-order valence-corrected chi connectivity index (χ2v) is 10.0. The molecule has 2 unspecified atom stereocenters. The van der Waals surface area contributed by atoms with Crippen LogP contribution in [-0.4, -0.2) is 24.3 Å². The quantitative estimate of drug-likeness (QED) is 0.222. The van der Waals surface area contributed by atoms with Crippen LogP contribution in [0.2, 0.25) is 0 Å². The number of hydrogen-bond donors (Lipinski definition) is 2. The summed E-state index contributed by atoms with van der Waals surface area (Å²) in [6.45, 7) is 9.93. The molecule has 0 saturated carbocycles. The molecule has 0 bridgehead atoms. The first-order chi connectivity index (χ1) is 19.7. The van der Waals surface area contributed by atoms with Crippen LogP contribution in [0.25, 0.3) is 16.5 Å². The third kappa shape index (κ3) is 6.12. The zero-order valence-corrected chi connectivity index (χ0v) is 24.2. The minimum Gasteiger partial charge on any atom is -0.478 e. The van der Waals surface area contributed by atoms with Gasteiger partial charge in [0.15, 0.2) is 0 Å². The van der Waals surface area contributed by atoms with E-state index in [-0.39, 0.29) is 17.6 Å². The van der Waals surface area contributed by atoms with Crippen molar-refractivity contribution in [1.82, 2.24) is 0 Å². The number of carbonyl (C=O) groups is 1. The van der Waals surface area contributed by atoms with E-state index in [0.29, 0.717) is 22.6 Å². The fourth-order valence-electron chi connectivity index (χ4n) is 4.98. The van der Waals surface area contributed by atoms with Crippen LogP contribution in [0.3, 0.4) is 0 Å². The van der Waals surface area contributed by atoms with Crippen LogP contribution in [0.1, 0.15) is 76.8 Å². The van der Waals surface area contributed by atoms with E-state index in [1.54, 1.807) is 37.5 Å². The molecule has 0 saturated heterocycles. The summed E-state index contributed by atoms with van der Waals surface area (Å²) >= 11 is 0. The first kappa shape index (κ1) is 29.0. The molecule has 2 N–H and O–H groups in total. The molecule has 4 rings (SSSR count). The highest BCUT2D eigenvalue weighted by Gasteiger charge is 2.20. The number of nitrogens with one attached hydrogen (secondary N) is 1. The van der Waals surface area contributed by atoms with Gasteiger partial charge in [0, 0.05) is 41.0 Å². The smallest absolute Gasteiger partial charge is 0.337 e. The highest BCUT2D eigenvalue weighted by Crippen LogP contribution is 2.31. The van der Waals surface area contributed by atoms with Gasteiger partial charge in [-0.05, 0) is 76.1 Å². The van der Waals surface area contributed by atoms with Crippen LogP contribution < -0.4 is 10.7 Å². The lowest BCUT2D eigenvalue weighted by Crippen LogP contribution is -2.15. The van der Waals surface area contributed by atoms with E-state index >= 15 is 0 Å². The average Bonchev–Trinajstić information content (AvgIpc) is 2.97. The van der Waals surface area contributed by atoms with Crippen molar-refractivity contribution < 1.29 is 14.3 Å². The van der Waals surface area contributed by atoms with E-state index < -0.39 is 5.97 Å². The maximum Gasteiger partial charge on any atom is 0.337 e. The summed E-state index contributed by atoms with van der Waals surface area (Å²) in [6, 6.07) is 20.2. The molecule has 208 valence electrons. The summed E-state index contributed by atoms with van der Waals surface area (Å²) in [4.78, 5) is 21.2. The highest BCUT2D eigenvalue weighted by atomic mass is 16.4. The Kier molecular flexibility index (Phi) is 8.84. The lowest BCUT2D eigenvalue weighted by molar-refractivity contribution is 0.0698. The molecule has 41 heavy (non-hydrogen) atoms. The number of carboxylic acid groups (broad SMARTS) is 1.